The molecule has 0 radical (unpaired) electrons. The predicted octanol–water partition coefficient (Wildman–Crippen LogP) is 3.65. The molecule has 0 aromatic carbocycles. The summed E-state index contributed by atoms with van der Waals surface area (Å²) < 4.78 is 0. The number of nitrogen functional groups attached to an aromatic ring is 1. The Balaban J connectivity index is 2.00. The lowest BCUT2D eigenvalue weighted by molar-refractivity contribution is 0.0921. The van der Waals surface area contributed by atoms with Crippen LogP contribution in [0, 0.1) is 11.3 Å². The van der Waals surface area contributed by atoms with Crippen molar-refractivity contribution < 1.29 is 4.79 Å². The number of hydrogen-bond acceptors (Lipinski definition) is 3. The van der Waals surface area contributed by atoms with Crippen molar-refractivity contribution in [3.05, 3.63) is 22.8 Å². The molecule has 1 aromatic heterocycles. The second-order valence-corrected chi connectivity index (χ2v) is 6.99. The maximum atomic E-state index is 12.2. The van der Waals surface area contributed by atoms with Crippen molar-refractivity contribution in [2.45, 2.75) is 46.0 Å². The molecular weight excluding hydrogens is 286 g/mol. The van der Waals surface area contributed by atoms with Crippen LogP contribution in [0.25, 0.3) is 0 Å². The zero-order valence-corrected chi connectivity index (χ0v) is 13.5. The van der Waals surface area contributed by atoms with Gasteiger partial charge < -0.3 is 11.1 Å². The molecule has 1 saturated carbocycles. The summed E-state index contributed by atoms with van der Waals surface area (Å²) in [6, 6.07) is 1.57. The second kappa shape index (κ2) is 6.65. The highest BCUT2D eigenvalue weighted by atomic mass is 35.5. The number of amides is 1. The van der Waals surface area contributed by atoms with Crippen molar-refractivity contribution in [3.63, 3.8) is 0 Å². The maximum absolute atomic E-state index is 12.2. The zero-order valence-electron chi connectivity index (χ0n) is 12.8. The van der Waals surface area contributed by atoms with Crippen molar-refractivity contribution in [1.82, 2.24) is 10.3 Å². The number of carbonyl (C=O) groups is 1. The smallest absolute Gasteiger partial charge is 0.252 e. The van der Waals surface area contributed by atoms with Crippen LogP contribution in [0.3, 0.4) is 0 Å². The predicted molar refractivity (Wildman–Crippen MR) is 86.3 cm³/mol. The van der Waals surface area contributed by atoms with E-state index in [4.69, 9.17) is 17.3 Å². The highest BCUT2D eigenvalue weighted by molar-refractivity contribution is 6.33. The number of carbonyl (C=O) groups excluding carboxylic acids is 1. The number of aromatic nitrogens is 1. The lowest BCUT2D eigenvalue weighted by Crippen LogP contribution is -2.37. The second-order valence-electron chi connectivity index (χ2n) is 6.58. The summed E-state index contributed by atoms with van der Waals surface area (Å²) >= 11 is 5.91. The van der Waals surface area contributed by atoms with Crippen LogP contribution in [0.15, 0.2) is 12.3 Å². The van der Waals surface area contributed by atoms with E-state index in [0.717, 1.165) is 13.0 Å². The molecule has 1 heterocycles. The van der Waals surface area contributed by atoms with Crippen molar-refractivity contribution in [2.24, 2.45) is 11.3 Å². The van der Waals surface area contributed by atoms with E-state index in [1.54, 1.807) is 6.07 Å². The van der Waals surface area contributed by atoms with Gasteiger partial charge in [-0.05, 0) is 36.7 Å². The van der Waals surface area contributed by atoms with Gasteiger partial charge in [0.05, 0.1) is 10.6 Å². The number of anilines is 1. The first kappa shape index (κ1) is 16.1. The van der Waals surface area contributed by atoms with E-state index in [1.165, 1.54) is 31.9 Å². The van der Waals surface area contributed by atoms with Crippen LogP contribution in [0.1, 0.15) is 56.3 Å². The average Bonchev–Trinajstić information content (AvgIpc) is 2.87. The van der Waals surface area contributed by atoms with Gasteiger partial charge in [0.1, 0.15) is 5.82 Å². The molecule has 0 aliphatic heterocycles. The zero-order chi connectivity index (χ0) is 15.5. The molecule has 0 atom stereocenters. The van der Waals surface area contributed by atoms with E-state index in [9.17, 15) is 4.79 Å². The maximum Gasteiger partial charge on any atom is 0.252 e. The minimum atomic E-state index is -0.126. The van der Waals surface area contributed by atoms with Crippen LogP contribution in [-0.4, -0.2) is 17.4 Å². The molecule has 21 heavy (non-hydrogen) atoms. The standard InChI is InChI=1S/C16H24ClN3O/c1-11(2)8-16(5-3-4-6-16)10-20-15(21)12-7-13(17)14(18)19-9-12/h7,9,11H,3-6,8,10H2,1-2H3,(H2,18,19)(H,20,21). The third-order valence-electron chi connectivity index (χ3n) is 4.26. The first-order valence-corrected chi connectivity index (χ1v) is 7.99. The van der Waals surface area contributed by atoms with Crippen LogP contribution >= 0.6 is 11.6 Å². The molecule has 116 valence electrons. The molecule has 0 saturated heterocycles. The molecule has 0 spiro atoms. The van der Waals surface area contributed by atoms with Crippen LogP contribution in [-0.2, 0) is 0 Å². The summed E-state index contributed by atoms with van der Waals surface area (Å²) in [7, 11) is 0. The van der Waals surface area contributed by atoms with Crippen LogP contribution in [0.5, 0.6) is 0 Å². The van der Waals surface area contributed by atoms with Crippen LogP contribution < -0.4 is 11.1 Å². The number of rotatable bonds is 5. The van der Waals surface area contributed by atoms with Crippen LogP contribution in [0.4, 0.5) is 5.82 Å². The van der Waals surface area contributed by atoms with Crippen molar-refractivity contribution >= 4 is 23.3 Å². The van der Waals surface area contributed by atoms with Gasteiger partial charge >= 0.3 is 0 Å². The largest absolute Gasteiger partial charge is 0.382 e. The van der Waals surface area contributed by atoms with Gasteiger partial charge in [0.2, 0.25) is 0 Å². The lowest BCUT2D eigenvalue weighted by Gasteiger charge is -2.31. The normalized spacial score (nSPS) is 17.1. The summed E-state index contributed by atoms with van der Waals surface area (Å²) in [6.45, 7) is 5.21. The molecule has 2 rings (SSSR count). The third-order valence-corrected chi connectivity index (χ3v) is 4.56. The van der Waals surface area contributed by atoms with E-state index >= 15 is 0 Å². The fourth-order valence-electron chi connectivity index (χ4n) is 3.39. The number of halogens is 1. The van der Waals surface area contributed by atoms with E-state index in [1.807, 2.05) is 0 Å². The Bertz CT molecular complexity index is 510. The van der Waals surface area contributed by atoms with Crippen molar-refractivity contribution in [1.29, 1.82) is 0 Å². The van der Waals surface area contributed by atoms with Crippen molar-refractivity contribution in [2.75, 3.05) is 12.3 Å². The highest BCUT2D eigenvalue weighted by Crippen LogP contribution is 2.42. The molecular formula is C16H24ClN3O. The Kier molecular flexibility index (Phi) is 5.09. The molecule has 1 amide bonds. The van der Waals surface area contributed by atoms with E-state index < -0.39 is 0 Å². The fraction of sp³-hybridized carbons (Fsp3) is 0.625. The molecule has 0 unspecified atom stereocenters. The van der Waals surface area contributed by atoms with Gasteiger partial charge in [-0.25, -0.2) is 4.98 Å². The molecule has 1 aliphatic carbocycles. The summed E-state index contributed by atoms with van der Waals surface area (Å²) in [4.78, 5) is 16.2. The topological polar surface area (TPSA) is 68.0 Å². The molecule has 0 bridgehead atoms. The van der Waals surface area contributed by atoms with Crippen molar-refractivity contribution in [3.8, 4) is 0 Å². The van der Waals surface area contributed by atoms with E-state index in [-0.39, 0.29) is 17.1 Å². The molecule has 1 fully saturated rings. The summed E-state index contributed by atoms with van der Waals surface area (Å²) in [5.74, 6) is 0.771. The molecule has 1 aliphatic rings. The number of nitrogens with zero attached hydrogens (tertiary/aromatic N) is 1. The van der Waals surface area contributed by atoms with Gasteiger partial charge in [-0.1, -0.05) is 38.3 Å². The Morgan fingerprint density at radius 1 is 1.48 bits per heavy atom. The monoisotopic (exact) mass is 309 g/mol. The number of nitrogens with one attached hydrogen (secondary N) is 1. The quantitative estimate of drug-likeness (QED) is 0.872. The van der Waals surface area contributed by atoms with Gasteiger partial charge in [0, 0.05) is 12.7 Å². The minimum Gasteiger partial charge on any atom is -0.382 e. The van der Waals surface area contributed by atoms with Gasteiger partial charge in [0.25, 0.3) is 5.91 Å². The lowest BCUT2D eigenvalue weighted by atomic mass is 9.78. The SMILES string of the molecule is CC(C)CC1(CNC(=O)c2cnc(N)c(Cl)c2)CCCC1. The first-order chi connectivity index (χ1) is 9.92. The Hall–Kier alpha value is -1.29. The van der Waals surface area contributed by atoms with Gasteiger partial charge in [-0.3, -0.25) is 4.79 Å². The number of pyridine rings is 1. The minimum absolute atomic E-state index is 0.126. The molecule has 1 aromatic rings. The van der Waals surface area contributed by atoms with Gasteiger partial charge in [-0.15, -0.1) is 0 Å². The summed E-state index contributed by atoms with van der Waals surface area (Å²) in [6.07, 6.45) is 7.56. The Morgan fingerprint density at radius 2 is 2.14 bits per heavy atom. The fourth-order valence-corrected chi connectivity index (χ4v) is 3.55. The first-order valence-electron chi connectivity index (χ1n) is 7.61. The average molecular weight is 310 g/mol. The molecule has 4 nitrogen and oxygen atoms in total. The molecule has 5 heteroatoms. The van der Waals surface area contributed by atoms with Gasteiger partial charge in [-0.2, -0.15) is 0 Å². The van der Waals surface area contributed by atoms with E-state index in [2.05, 4.69) is 24.1 Å². The summed E-state index contributed by atoms with van der Waals surface area (Å²) in [5, 5.41) is 3.38. The highest BCUT2D eigenvalue weighted by Gasteiger charge is 2.34. The molecule has 3 N–H and O–H groups in total. The number of hydrogen-bond donors (Lipinski definition) is 2. The third kappa shape index (κ3) is 4.10. The van der Waals surface area contributed by atoms with Crippen LogP contribution in [0.2, 0.25) is 5.02 Å². The van der Waals surface area contributed by atoms with E-state index in [0.29, 0.717) is 16.5 Å². The Labute approximate surface area is 131 Å². The number of nitrogens with two attached hydrogens (primary N) is 1. The summed E-state index contributed by atoms with van der Waals surface area (Å²) in [5.41, 5.74) is 6.29. The van der Waals surface area contributed by atoms with Gasteiger partial charge in [0.15, 0.2) is 0 Å². The Morgan fingerprint density at radius 3 is 2.71 bits per heavy atom.